The van der Waals surface area contributed by atoms with Gasteiger partial charge in [0.2, 0.25) is 0 Å². The molecule has 0 aromatic carbocycles. The Labute approximate surface area is 86.4 Å². The fourth-order valence-corrected chi connectivity index (χ4v) is 1.96. The first-order chi connectivity index (χ1) is 6.77. The Morgan fingerprint density at radius 1 is 1.43 bits per heavy atom. The van der Waals surface area contributed by atoms with Crippen LogP contribution in [0.5, 0.6) is 0 Å². The molecule has 0 unspecified atom stereocenters. The first kappa shape index (κ1) is 11.5. The van der Waals surface area contributed by atoms with Crippen LogP contribution in [0.3, 0.4) is 0 Å². The van der Waals surface area contributed by atoms with Crippen molar-refractivity contribution in [2.24, 2.45) is 0 Å². The van der Waals surface area contributed by atoms with E-state index in [0.717, 1.165) is 32.4 Å². The van der Waals surface area contributed by atoms with E-state index >= 15 is 0 Å². The zero-order valence-electron chi connectivity index (χ0n) is 9.29. The van der Waals surface area contributed by atoms with Crippen molar-refractivity contribution in [2.75, 3.05) is 19.7 Å². The molecule has 0 N–H and O–H groups in total. The number of esters is 1. The Balaban J connectivity index is 2.51. The number of carbonyl (C=O) groups is 1. The van der Waals surface area contributed by atoms with Gasteiger partial charge < -0.3 is 4.74 Å². The lowest BCUT2D eigenvalue weighted by Gasteiger charge is -2.27. The molecular weight excluding hydrogens is 178 g/mol. The number of cyclic esters (lactones) is 1. The van der Waals surface area contributed by atoms with Crippen molar-refractivity contribution in [3.05, 3.63) is 0 Å². The maximum absolute atomic E-state index is 11.1. The maximum Gasteiger partial charge on any atom is 0.307 e. The zero-order chi connectivity index (χ0) is 10.4. The third kappa shape index (κ3) is 3.29. The van der Waals surface area contributed by atoms with E-state index in [1.807, 2.05) is 0 Å². The molecule has 0 spiro atoms. The summed E-state index contributed by atoms with van der Waals surface area (Å²) in [6, 6.07) is 0.450. The standard InChI is InChI=1S/C11H21NO2/c1-3-5-10-9-14-11(13)6-8-12(10)7-4-2/h10H,3-9H2,1-2H3/t10-/m1/s1. The highest BCUT2D eigenvalue weighted by molar-refractivity contribution is 5.69. The second-order valence-electron chi connectivity index (χ2n) is 3.91. The average molecular weight is 199 g/mol. The molecule has 0 saturated carbocycles. The smallest absolute Gasteiger partial charge is 0.307 e. The van der Waals surface area contributed by atoms with Gasteiger partial charge in [0.05, 0.1) is 6.42 Å². The Hall–Kier alpha value is -0.570. The monoisotopic (exact) mass is 199 g/mol. The molecule has 1 rings (SSSR count). The molecule has 82 valence electrons. The molecule has 1 atom stereocenters. The van der Waals surface area contributed by atoms with Crippen LogP contribution in [0.15, 0.2) is 0 Å². The van der Waals surface area contributed by atoms with Gasteiger partial charge in [0.15, 0.2) is 0 Å². The quantitative estimate of drug-likeness (QED) is 0.647. The van der Waals surface area contributed by atoms with Crippen molar-refractivity contribution in [1.82, 2.24) is 4.90 Å². The fourth-order valence-electron chi connectivity index (χ4n) is 1.96. The second-order valence-corrected chi connectivity index (χ2v) is 3.91. The molecule has 0 aromatic rings. The molecule has 1 aliphatic heterocycles. The lowest BCUT2D eigenvalue weighted by atomic mass is 10.1. The largest absolute Gasteiger partial charge is 0.464 e. The normalized spacial score (nSPS) is 24.4. The molecule has 3 heteroatoms. The summed E-state index contributed by atoms with van der Waals surface area (Å²) in [5, 5.41) is 0. The summed E-state index contributed by atoms with van der Waals surface area (Å²) in [5.41, 5.74) is 0. The van der Waals surface area contributed by atoms with Gasteiger partial charge in [0.1, 0.15) is 6.61 Å². The van der Waals surface area contributed by atoms with E-state index in [1.54, 1.807) is 0 Å². The molecular formula is C11H21NO2. The number of rotatable bonds is 4. The van der Waals surface area contributed by atoms with E-state index in [9.17, 15) is 4.79 Å². The number of ether oxygens (including phenoxy) is 1. The van der Waals surface area contributed by atoms with Gasteiger partial charge in [-0.1, -0.05) is 20.3 Å². The summed E-state index contributed by atoms with van der Waals surface area (Å²) >= 11 is 0. The van der Waals surface area contributed by atoms with E-state index < -0.39 is 0 Å². The Kier molecular flexibility index (Phi) is 4.94. The number of hydrogen-bond acceptors (Lipinski definition) is 3. The summed E-state index contributed by atoms with van der Waals surface area (Å²) in [4.78, 5) is 13.5. The molecule has 1 aliphatic rings. The molecule has 1 saturated heterocycles. The summed E-state index contributed by atoms with van der Waals surface area (Å²) in [6.07, 6.45) is 3.99. The van der Waals surface area contributed by atoms with Crippen LogP contribution in [0.1, 0.15) is 39.5 Å². The lowest BCUT2D eigenvalue weighted by Crippen LogP contribution is -2.37. The van der Waals surface area contributed by atoms with Crippen molar-refractivity contribution in [2.45, 2.75) is 45.6 Å². The van der Waals surface area contributed by atoms with Crippen LogP contribution >= 0.6 is 0 Å². The number of carbonyl (C=O) groups excluding carboxylic acids is 1. The minimum Gasteiger partial charge on any atom is -0.464 e. The van der Waals surface area contributed by atoms with Gasteiger partial charge in [0.25, 0.3) is 0 Å². The molecule has 1 heterocycles. The van der Waals surface area contributed by atoms with E-state index in [4.69, 9.17) is 4.74 Å². The van der Waals surface area contributed by atoms with Crippen LogP contribution in [0.2, 0.25) is 0 Å². The molecule has 1 fully saturated rings. The van der Waals surface area contributed by atoms with Crippen LogP contribution in [-0.4, -0.2) is 36.6 Å². The number of hydrogen-bond donors (Lipinski definition) is 0. The SMILES string of the molecule is CCC[C@@H]1COC(=O)CCN1CCC. The van der Waals surface area contributed by atoms with E-state index in [2.05, 4.69) is 18.7 Å². The molecule has 3 nitrogen and oxygen atoms in total. The van der Waals surface area contributed by atoms with Crippen LogP contribution in [-0.2, 0) is 9.53 Å². The van der Waals surface area contributed by atoms with Gasteiger partial charge in [-0.15, -0.1) is 0 Å². The van der Waals surface area contributed by atoms with Gasteiger partial charge in [0, 0.05) is 12.6 Å². The van der Waals surface area contributed by atoms with E-state index in [1.165, 1.54) is 0 Å². The first-order valence-electron chi connectivity index (χ1n) is 5.67. The molecule has 0 aromatic heterocycles. The third-order valence-corrected chi connectivity index (χ3v) is 2.69. The minimum absolute atomic E-state index is 0.0373. The fraction of sp³-hybridized carbons (Fsp3) is 0.909. The highest BCUT2D eigenvalue weighted by Crippen LogP contribution is 2.13. The first-order valence-corrected chi connectivity index (χ1v) is 5.67. The van der Waals surface area contributed by atoms with Gasteiger partial charge in [-0.05, 0) is 19.4 Å². The van der Waals surface area contributed by atoms with Crippen molar-refractivity contribution >= 4 is 5.97 Å². The topological polar surface area (TPSA) is 29.5 Å². The van der Waals surface area contributed by atoms with Gasteiger partial charge in [-0.2, -0.15) is 0 Å². The van der Waals surface area contributed by atoms with Crippen molar-refractivity contribution < 1.29 is 9.53 Å². The van der Waals surface area contributed by atoms with Gasteiger partial charge in [-0.3, -0.25) is 9.69 Å². The second kappa shape index (κ2) is 6.02. The highest BCUT2D eigenvalue weighted by Gasteiger charge is 2.23. The Morgan fingerprint density at radius 3 is 2.86 bits per heavy atom. The summed E-state index contributed by atoms with van der Waals surface area (Å²) < 4.78 is 5.16. The van der Waals surface area contributed by atoms with Gasteiger partial charge in [-0.25, -0.2) is 0 Å². The predicted octanol–water partition coefficient (Wildman–Crippen LogP) is 1.81. The molecule has 0 aliphatic carbocycles. The van der Waals surface area contributed by atoms with Crippen molar-refractivity contribution in [1.29, 1.82) is 0 Å². The summed E-state index contributed by atoms with van der Waals surface area (Å²) in [6.45, 7) is 6.90. The third-order valence-electron chi connectivity index (χ3n) is 2.69. The average Bonchev–Trinajstić information content (AvgIpc) is 2.33. The Bertz CT molecular complexity index is 164. The van der Waals surface area contributed by atoms with Crippen LogP contribution in [0.4, 0.5) is 0 Å². The Morgan fingerprint density at radius 2 is 2.21 bits per heavy atom. The molecule has 0 amide bonds. The van der Waals surface area contributed by atoms with Crippen molar-refractivity contribution in [3.63, 3.8) is 0 Å². The predicted molar refractivity (Wildman–Crippen MR) is 56.1 cm³/mol. The van der Waals surface area contributed by atoms with Crippen LogP contribution in [0, 0.1) is 0 Å². The number of nitrogens with zero attached hydrogens (tertiary/aromatic N) is 1. The van der Waals surface area contributed by atoms with Crippen molar-refractivity contribution in [3.8, 4) is 0 Å². The van der Waals surface area contributed by atoms with Gasteiger partial charge >= 0.3 is 5.97 Å². The lowest BCUT2D eigenvalue weighted by molar-refractivity contribution is -0.142. The minimum atomic E-state index is -0.0373. The van der Waals surface area contributed by atoms with E-state index in [-0.39, 0.29) is 5.97 Å². The van der Waals surface area contributed by atoms with Crippen LogP contribution < -0.4 is 0 Å². The highest BCUT2D eigenvalue weighted by atomic mass is 16.5. The zero-order valence-corrected chi connectivity index (χ0v) is 9.29. The summed E-state index contributed by atoms with van der Waals surface area (Å²) in [5.74, 6) is -0.0373. The molecule has 14 heavy (non-hydrogen) atoms. The van der Waals surface area contributed by atoms with Crippen LogP contribution in [0.25, 0.3) is 0 Å². The van der Waals surface area contributed by atoms with E-state index in [0.29, 0.717) is 19.1 Å². The molecule has 0 radical (unpaired) electrons. The molecule has 0 bridgehead atoms. The summed E-state index contributed by atoms with van der Waals surface area (Å²) in [7, 11) is 0. The maximum atomic E-state index is 11.1.